The van der Waals surface area contributed by atoms with Gasteiger partial charge >= 0.3 is 5.97 Å². The van der Waals surface area contributed by atoms with Crippen LogP contribution < -0.4 is 0 Å². The Balaban J connectivity index is 2.25. The van der Waals surface area contributed by atoms with E-state index in [4.69, 9.17) is 16.7 Å². The van der Waals surface area contributed by atoms with Crippen molar-refractivity contribution >= 4 is 23.5 Å². The summed E-state index contributed by atoms with van der Waals surface area (Å²) in [6.07, 6.45) is 1.24. The summed E-state index contributed by atoms with van der Waals surface area (Å²) in [6.45, 7) is 4.55. The minimum atomic E-state index is -0.944. The fourth-order valence-electron chi connectivity index (χ4n) is 2.56. The van der Waals surface area contributed by atoms with Crippen LogP contribution in [0.5, 0.6) is 0 Å². The van der Waals surface area contributed by atoms with E-state index in [1.807, 2.05) is 19.9 Å². The lowest BCUT2D eigenvalue weighted by Crippen LogP contribution is -2.40. The largest absolute Gasteiger partial charge is 0.480 e. The maximum atomic E-state index is 12.4. The van der Waals surface area contributed by atoms with E-state index in [1.54, 1.807) is 12.1 Å². The molecular formula is C15H18ClNO3. The van der Waals surface area contributed by atoms with Crippen LogP contribution in [0.2, 0.25) is 5.02 Å². The van der Waals surface area contributed by atoms with E-state index in [0.717, 1.165) is 12.0 Å². The average Bonchev–Trinajstić information content (AvgIpc) is 2.86. The molecule has 0 saturated carbocycles. The van der Waals surface area contributed by atoms with Crippen LogP contribution in [-0.2, 0) is 4.79 Å². The predicted molar refractivity (Wildman–Crippen MR) is 77.2 cm³/mol. The number of hydrogen-bond acceptors (Lipinski definition) is 2. The molecule has 1 aromatic rings. The molecule has 1 aliphatic rings. The van der Waals surface area contributed by atoms with Crippen molar-refractivity contribution in [3.8, 4) is 0 Å². The van der Waals surface area contributed by atoms with Crippen molar-refractivity contribution in [2.75, 3.05) is 6.54 Å². The number of carbonyl (C=O) groups excluding carboxylic acids is 1. The number of likely N-dealkylation sites (tertiary alicyclic amines) is 1. The number of carbonyl (C=O) groups is 2. The summed E-state index contributed by atoms with van der Waals surface area (Å²) in [4.78, 5) is 25.0. The Bertz CT molecular complexity index is 542. The van der Waals surface area contributed by atoms with Crippen molar-refractivity contribution < 1.29 is 14.7 Å². The zero-order valence-electron chi connectivity index (χ0n) is 11.6. The summed E-state index contributed by atoms with van der Waals surface area (Å²) in [7, 11) is 0. The molecule has 1 heterocycles. The van der Waals surface area contributed by atoms with E-state index in [0.29, 0.717) is 23.6 Å². The SMILES string of the molecule is CC(C)c1ccc(C(=O)N2CCCC2C(=O)O)cc1Cl. The summed E-state index contributed by atoms with van der Waals surface area (Å²) in [5.41, 5.74) is 1.44. The van der Waals surface area contributed by atoms with Gasteiger partial charge in [-0.2, -0.15) is 0 Å². The number of carboxylic acids is 1. The molecule has 5 heteroatoms. The highest BCUT2D eigenvalue weighted by Gasteiger charge is 2.34. The van der Waals surface area contributed by atoms with Crippen LogP contribution in [0.25, 0.3) is 0 Å². The fraction of sp³-hybridized carbons (Fsp3) is 0.467. The molecule has 0 bridgehead atoms. The molecule has 1 amide bonds. The third-order valence-corrected chi connectivity index (χ3v) is 4.00. The third-order valence-electron chi connectivity index (χ3n) is 3.67. The molecule has 1 N–H and O–H groups in total. The van der Waals surface area contributed by atoms with Gasteiger partial charge in [0, 0.05) is 17.1 Å². The predicted octanol–water partition coefficient (Wildman–Crippen LogP) is 3.15. The smallest absolute Gasteiger partial charge is 0.326 e. The van der Waals surface area contributed by atoms with Gasteiger partial charge in [-0.3, -0.25) is 4.79 Å². The van der Waals surface area contributed by atoms with Gasteiger partial charge in [0.1, 0.15) is 6.04 Å². The number of carboxylic acid groups (broad SMARTS) is 1. The molecule has 1 aromatic carbocycles. The molecule has 1 saturated heterocycles. The van der Waals surface area contributed by atoms with E-state index in [-0.39, 0.29) is 11.8 Å². The standard InChI is InChI=1S/C15H18ClNO3/c1-9(2)11-6-5-10(8-12(11)16)14(18)17-7-3-4-13(17)15(19)20/h5-6,8-9,13H,3-4,7H2,1-2H3,(H,19,20). The van der Waals surface area contributed by atoms with Gasteiger partial charge in [-0.15, -0.1) is 0 Å². The number of aliphatic carboxylic acids is 1. The second-order valence-electron chi connectivity index (χ2n) is 5.39. The summed E-state index contributed by atoms with van der Waals surface area (Å²) in [5.74, 6) is -0.918. The van der Waals surface area contributed by atoms with Gasteiger partial charge in [0.25, 0.3) is 5.91 Å². The summed E-state index contributed by atoms with van der Waals surface area (Å²) >= 11 is 6.19. The van der Waals surface area contributed by atoms with E-state index >= 15 is 0 Å². The molecule has 0 aliphatic carbocycles. The second-order valence-corrected chi connectivity index (χ2v) is 5.79. The molecule has 0 radical (unpaired) electrons. The summed E-state index contributed by atoms with van der Waals surface area (Å²) in [5, 5.41) is 9.68. The summed E-state index contributed by atoms with van der Waals surface area (Å²) in [6, 6.07) is 4.48. The van der Waals surface area contributed by atoms with Gasteiger partial charge in [0.2, 0.25) is 0 Å². The monoisotopic (exact) mass is 295 g/mol. The molecule has 0 spiro atoms. The molecule has 0 aromatic heterocycles. The number of hydrogen-bond donors (Lipinski definition) is 1. The topological polar surface area (TPSA) is 57.6 Å². The minimum absolute atomic E-state index is 0.257. The lowest BCUT2D eigenvalue weighted by atomic mass is 10.0. The van der Waals surface area contributed by atoms with Gasteiger partial charge in [-0.1, -0.05) is 31.5 Å². The van der Waals surface area contributed by atoms with Crippen molar-refractivity contribution in [1.82, 2.24) is 4.90 Å². The van der Waals surface area contributed by atoms with E-state index in [1.165, 1.54) is 4.90 Å². The minimum Gasteiger partial charge on any atom is -0.480 e. The van der Waals surface area contributed by atoms with Gasteiger partial charge < -0.3 is 10.0 Å². The Morgan fingerprint density at radius 2 is 2.10 bits per heavy atom. The zero-order valence-corrected chi connectivity index (χ0v) is 12.4. The first-order chi connectivity index (χ1) is 9.41. The highest BCUT2D eigenvalue weighted by molar-refractivity contribution is 6.31. The Morgan fingerprint density at radius 1 is 1.40 bits per heavy atom. The molecule has 108 valence electrons. The van der Waals surface area contributed by atoms with Crippen molar-refractivity contribution in [1.29, 1.82) is 0 Å². The number of nitrogens with zero attached hydrogens (tertiary/aromatic N) is 1. The second kappa shape index (κ2) is 5.83. The molecule has 4 nitrogen and oxygen atoms in total. The quantitative estimate of drug-likeness (QED) is 0.932. The number of amides is 1. The molecular weight excluding hydrogens is 278 g/mol. The van der Waals surface area contributed by atoms with Gasteiger partial charge in [0.15, 0.2) is 0 Å². The van der Waals surface area contributed by atoms with Crippen LogP contribution in [0, 0.1) is 0 Å². The average molecular weight is 296 g/mol. The Labute approximate surface area is 123 Å². The number of halogens is 1. The van der Waals surface area contributed by atoms with Gasteiger partial charge in [-0.25, -0.2) is 4.79 Å². The number of rotatable bonds is 3. The Morgan fingerprint density at radius 3 is 2.65 bits per heavy atom. The third kappa shape index (κ3) is 2.80. The first-order valence-electron chi connectivity index (χ1n) is 6.75. The van der Waals surface area contributed by atoms with Crippen molar-refractivity contribution in [2.24, 2.45) is 0 Å². The van der Waals surface area contributed by atoms with E-state index in [2.05, 4.69) is 0 Å². The van der Waals surface area contributed by atoms with Crippen LogP contribution in [0.15, 0.2) is 18.2 Å². The molecule has 20 heavy (non-hydrogen) atoms. The summed E-state index contributed by atoms with van der Waals surface area (Å²) < 4.78 is 0. The van der Waals surface area contributed by atoms with Crippen molar-refractivity contribution in [2.45, 2.75) is 38.6 Å². The van der Waals surface area contributed by atoms with Crippen LogP contribution >= 0.6 is 11.6 Å². The van der Waals surface area contributed by atoms with Crippen LogP contribution in [0.1, 0.15) is 48.5 Å². The highest BCUT2D eigenvalue weighted by atomic mass is 35.5. The Kier molecular flexibility index (Phi) is 4.33. The number of benzene rings is 1. The normalized spacial score (nSPS) is 18.6. The van der Waals surface area contributed by atoms with Crippen LogP contribution in [-0.4, -0.2) is 34.5 Å². The van der Waals surface area contributed by atoms with Crippen LogP contribution in [0.4, 0.5) is 0 Å². The van der Waals surface area contributed by atoms with Crippen molar-refractivity contribution in [3.63, 3.8) is 0 Å². The molecule has 1 unspecified atom stereocenters. The highest BCUT2D eigenvalue weighted by Crippen LogP contribution is 2.27. The lowest BCUT2D eigenvalue weighted by Gasteiger charge is -2.22. The zero-order chi connectivity index (χ0) is 14.9. The van der Waals surface area contributed by atoms with Crippen LogP contribution in [0.3, 0.4) is 0 Å². The maximum absolute atomic E-state index is 12.4. The molecule has 1 fully saturated rings. The van der Waals surface area contributed by atoms with Gasteiger partial charge in [0.05, 0.1) is 0 Å². The lowest BCUT2D eigenvalue weighted by molar-refractivity contribution is -0.141. The first-order valence-corrected chi connectivity index (χ1v) is 7.13. The molecule has 1 aliphatic heterocycles. The molecule has 1 atom stereocenters. The Hall–Kier alpha value is -1.55. The van der Waals surface area contributed by atoms with E-state index < -0.39 is 12.0 Å². The molecule has 2 rings (SSSR count). The fourth-order valence-corrected chi connectivity index (χ4v) is 2.96. The van der Waals surface area contributed by atoms with Crippen molar-refractivity contribution in [3.05, 3.63) is 34.3 Å². The maximum Gasteiger partial charge on any atom is 0.326 e. The van der Waals surface area contributed by atoms with E-state index in [9.17, 15) is 9.59 Å². The van der Waals surface area contributed by atoms with Gasteiger partial charge in [-0.05, 0) is 36.5 Å². The first kappa shape index (κ1) is 14.9.